The molecule has 11 rings (SSSR count). The van der Waals surface area contributed by atoms with Crippen LogP contribution >= 0.6 is 34.0 Å². The lowest BCUT2D eigenvalue weighted by atomic mass is 10.0. The smallest absolute Gasteiger partial charge is 0.0554 e. The van der Waals surface area contributed by atoms with Gasteiger partial charge in [0.2, 0.25) is 0 Å². The lowest BCUT2D eigenvalue weighted by Crippen LogP contribution is -2.10. The van der Waals surface area contributed by atoms with E-state index in [4.69, 9.17) is 0 Å². The fourth-order valence-electron chi connectivity index (χ4n) is 7.84. The third-order valence-electron chi connectivity index (χ3n) is 10.3. The van der Waals surface area contributed by atoms with Crippen molar-refractivity contribution >= 4 is 112 Å². The Bertz CT molecular complexity index is 3130. The quantitative estimate of drug-likeness (QED) is 0.171. The highest BCUT2D eigenvalue weighted by atomic mass is 32.1. The summed E-state index contributed by atoms with van der Waals surface area (Å²) in [5.41, 5.74) is 8.41. The molecule has 4 heteroatoms. The number of rotatable bonds is 5. The van der Waals surface area contributed by atoms with E-state index in [9.17, 15) is 0 Å². The Morgan fingerprint density at radius 1 is 0.327 bits per heavy atom. The van der Waals surface area contributed by atoms with Gasteiger partial charge in [-0.1, -0.05) is 109 Å². The molecule has 0 saturated heterocycles. The topological polar surface area (TPSA) is 3.24 Å². The predicted octanol–water partition coefficient (Wildman–Crippen LogP) is 15.6. The zero-order chi connectivity index (χ0) is 34.2. The summed E-state index contributed by atoms with van der Waals surface area (Å²) in [5, 5.41) is 7.90. The predicted molar refractivity (Wildman–Crippen MR) is 231 cm³/mol. The Morgan fingerprint density at radius 3 is 1.60 bits per heavy atom. The number of hydrogen-bond donors (Lipinski definition) is 0. The molecule has 0 radical (unpaired) electrons. The molecule has 3 aromatic heterocycles. The van der Waals surface area contributed by atoms with Gasteiger partial charge < -0.3 is 4.90 Å². The highest BCUT2D eigenvalue weighted by molar-refractivity contribution is 7.26. The van der Waals surface area contributed by atoms with Gasteiger partial charge in [-0.05, 0) is 89.0 Å². The van der Waals surface area contributed by atoms with Crippen LogP contribution in [0.3, 0.4) is 0 Å². The van der Waals surface area contributed by atoms with E-state index in [0.29, 0.717) is 0 Å². The van der Waals surface area contributed by atoms with Crippen LogP contribution in [-0.2, 0) is 0 Å². The molecule has 11 aromatic rings. The molecule has 0 amide bonds. The number of benzene rings is 8. The van der Waals surface area contributed by atoms with Crippen molar-refractivity contribution in [1.82, 2.24) is 0 Å². The fourth-order valence-corrected chi connectivity index (χ4v) is 11.3. The fraction of sp³-hybridized carbons (Fsp3) is 0. The number of hydrogen-bond acceptors (Lipinski definition) is 4. The van der Waals surface area contributed by atoms with Crippen LogP contribution in [0, 0.1) is 0 Å². The van der Waals surface area contributed by atoms with Crippen molar-refractivity contribution in [1.29, 1.82) is 0 Å². The molecule has 52 heavy (non-hydrogen) atoms. The van der Waals surface area contributed by atoms with Crippen LogP contribution in [0.4, 0.5) is 17.1 Å². The van der Waals surface area contributed by atoms with Gasteiger partial charge in [0, 0.05) is 71.9 Å². The van der Waals surface area contributed by atoms with Gasteiger partial charge >= 0.3 is 0 Å². The van der Waals surface area contributed by atoms with E-state index in [1.165, 1.54) is 88.5 Å². The molecule has 0 spiro atoms. The van der Waals surface area contributed by atoms with Crippen molar-refractivity contribution in [3.8, 4) is 22.3 Å². The molecular formula is C48H29NS3. The van der Waals surface area contributed by atoms with Gasteiger partial charge in [0.05, 0.1) is 5.69 Å². The van der Waals surface area contributed by atoms with Crippen molar-refractivity contribution in [2.75, 3.05) is 4.90 Å². The minimum atomic E-state index is 1.13. The summed E-state index contributed by atoms with van der Waals surface area (Å²) in [6, 6.07) is 64.9. The Balaban J connectivity index is 1.05. The molecule has 0 unspecified atom stereocenters. The standard InChI is InChI=1S/C48H29NS3/c1-5-16-43-36(9-1)38-13-7-12-35(48(38)52-43)31-21-26-34(27-22-31)49(41-14-8-18-46-47(41)39-11-3-6-17-44(39)51-46)33-24-19-30(20-25-33)32-23-28-45-40(29-32)37-10-2-4-15-42(37)50-45/h1-29H. The van der Waals surface area contributed by atoms with Crippen LogP contribution in [-0.4, -0.2) is 0 Å². The van der Waals surface area contributed by atoms with Crippen LogP contribution in [0.25, 0.3) is 82.8 Å². The van der Waals surface area contributed by atoms with Gasteiger partial charge in [-0.3, -0.25) is 0 Å². The number of nitrogens with zero attached hydrogens (tertiary/aromatic N) is 1. The van der Waals surface area contributed by atoms with E-state index >= 15 is 0 Å². The monoisotopic (exact) mass is 715 g/mol. The Kier molecular flexibility index (Phi) is 6.84. The summed E-state index contributed by atoms with van der Waals surface area (Å²) in [7, 11) is 0. The van der Waals surface area contributed by atoms with E-state index in [2.05, 4.69) is 181 Å². The molecule has 244 valence electrons. The van der Waals surface area contributed by atoms with Crippen LogP contribution in [0.2, 0.25) is 0 Å². The van der Waals surface area contributed by atoms with E-state index in [1.807, 2.05) is 34.0 Å². The van der Waals surface area contributed by atoms with Crippen LogP contribution in [0.1, 0.15) is 0 Å². The lowest BCUT2D eigenvalue weighted by molar-refractivity contribution is 1.30. The molecule has 0 aliphatic carbocycles. The number of fused-ring (bicyclic) bond motifs is 9. The van der Waals surface area contributed by atoms with Gasteiger partial charge in [-0.15, -0.1) is 34.0 Å². The summed E-state index contributed by atoms with van der Waals surface area (Å²) in [4.78, 5) is 2.44. The molecule has 0 fully saturated rings. The van der Waals surface area contributed by atoms with E-state index in [-0.39, 0.29) is 0 Å². The second-order valence-electron chi connectivity index (χ2n) is 13.3. The molecule has 1 nitrogen and oxygen atoms in total. The van der Waals surface area contributed by atoms with Crippen LogP contribution < -0.4 is 4.90 Å². The van der Waals surface area contributed by atoms with Crippen molar-refractivity contribution in [2.24, 2.45) is 0 Å². The van der Waals surface area contributed by atoms with Gasteiger partial charge in [-0.25, -0.2) is 0 Å². The Labute approximate surface area is 312 Å². The SMILES string of the molecule is c1ccc2c(c1)sc1ccc(-c3ccc(N(c4ccc(-c5cccc6c5sc5ccccc56)cc4)c4cccc5sc6ccccc6c45)cc3)cc12. The lowest BCUT2D eigenvalue weighted by Gasteiger charge is -2.27. The maximum atomic E-state index is 2.44. The van der Waals surface area contributed by atoms with Crippen molar-refractivity contribution in [3.63, 3.8) is 0 Å². The molecule has 0 atom stereocenters. The molecule has 0 aliphatic heterocycles. The first-order valence-corrected chi connectivity index (χ1v) is 19.9. The normalized spacial score (nSPS) is 11.8. The first-order valence-electron chi connectivity index (χ1n) is 17.5. The van der Waals surface area contributed by atoms with E-state index < -0.39 is 0 Å². The third kappa shape index (κ3) is 4.72. The molecule has 0 aliphatic rings. The van der Waals surface area contributed by atoms with Crippen LogP contribution in [0.15, 0.2) is 176 Å². The van der Waals surface area contributed by atoms with E-state index in [0.717, 1.165) is 11.4 Å². The Hall–Kier alpha value is -5.78. The molecule has 0 N–H and O–H groups in total. The van der Waals surface area contributed by atoms with Gasteiger partial charge in [0.15, 0.2) is 0 Å². The summed E-state index contributed by atoms with van der Waals surface area (Å²) < 4.78 is 7.94. The minimum absolute atomic E-state index is 1.13. The number of thiophene rings is 3. The highest BCUT2D eigenvalue weighted by Crippen LogP contribution is 2.46. The summed E-state index contributed by atoms with van der Waals surface area (Å²) in [6.45, 7) is 0. The maximum Gasteiger partial charge on any atom is 0.0554 e. The van der Waals surface area contributed by atoms with Crippen LogP contribution in [0.5, 0.6) is 0 Å². The average Bonchev–Trinajstić information content (AvgIpc) is 3.90. The second kappa shape index (κ2) is 11.9. The zero-order valence-corrected chi connectivity index (χ0v) is 30.4. The maximum absolute atomic E-state index is 2.44. The first-order chi connectivity index (χ1) is 25.8. The molecule has 0 bridgehead atoms. The second-order valence-corrected chi connectivity index (χ2v) is 16.5. The molecule has 3 heterocycles. The largest absolute Gasteiger partial charge is 0.310 e. The minimum Gasteiger partial charge on any atom is -0.310 e. The average molecular weight is 716 g/mol. The number of anilines is 3. The summed E-state index contributed by atoms with van der Waals surface area (Å²) in [6.07, 6.45) is 0. The Morgan fingerprint density at radius 2 is 0.846 bits per heavy atom. The van der Waals surface area contributed by atoms with E-state index in [1.54, 1.807) is 0 Å². The van der Waals surface area contributed by atoms with Crippen molar-refractivity contribution < 1.29 is 0 Å². The zero-order valence-electron chi connectivity index (χ0n) is 27.9. The van der Waals surface area contributed by atoms with Gasteiger partial charge in [-0.2, -0.15) is 0 Å². The first kappa shape index (κ1) is 29.9. The highest BCUT2D eigenvalue weighted by Gasteiger charge is 2.19. The van der Waals surface area contributed by atoms with Crippen molar-refractivity contribution in [3.05, 3.63) is 176 Å². The third-order valence-corrected chi connectivity index (χ3v) is 13.8. The molecule has 0 saturated carbocycles. The van der Waals surface area contributed by atoms with Gasteiger partial charge in [0.25, 0.3) is 0 Å². The molecular weight excluding hydrogens is 687 g/mol. The van der Waals surface area contributed by atoms with Crippen molar-refractivity contribution in [2.45, 2.75) is 0 Å². The molecule has 8 aromatic carbocycles. The van der Waals surface area contributed by atoms with Gasteiger partial charge in [0.1, 0.15) is 0 Å². The summed E-state index contributed by atoms with van der Waals surface area (Å²) in [5.74, 6) is 0. The summed E-state index contributed by atoms with van der Waals surface area (Å²) >= 11 is 5.61.